The Kier molecular flexibility index (Phi) is 8.19. The minimum absolute atomic E-state index is 0.572. The first-order valence-corrected chi connectivity index (χ1v) is 8.11. The maximum absolute atomic E-state index is 3.43. The van der Waals surface area contributed by atoms with E-state index in [1.807, 2.05) is 11.9 Å². The predicted octanol–water partition coefficient (Wildman–Crippen LogP) is 3.44. The van der Waals surface area contributed by atoms with Crippen LogP contribution in [0.4, 0.5) is 0 Å². The summed E-state index contributed by atoms with van der Waals surface area (Å²) >= 11 is 1.95. The lowest BCUT2D eigenvalue weighted by Crippen LogP contribution is -2.28. The van der Waals surface area contributed by atoms with E-state index in [0.29, 0.717) is 6.04 Å². The van der Waals surface area contributed by atoms with Gasteiger partial charge in [-0.3, -0.25) is 4.31 Å². The molecule has 0 saturated heterocycles. The molecule has 0 spiro atoms. The van der Waals surface area contributed by atoms with E-state index in [2.05, 4.69) is 67.9 Å². The van der Waals surface area contributed by atoms with Gasteiger partial charge in [-0.25, -0.2) is 0 Å². The molecule has 0 bridgehead atoms. The van der Waals surface area contributed by atoms with Crippen molar-refractivity contribution >= 4 is 11.9 Å². The average molecular weight is 280 g/mol. The molecule has 0 unspecified atom stereocenters. The first-order valence-electron chi connectivity index (χ1n) is 7.17. The molecule has 0 heterocycles. The molecule has 0 aliphatic heterocycles. The normalized spacial score (nSPS) is 13.2. The number of nitrogens with zero attached hydrogens (tertiary/aromatic N) is 1. The van der Waals surface area contributed by atoms with E-state index in [9.17, 15) is 0 Å². The molecular weight excluding hydrogens is 252 g/mol. The third kappa shape index (κ3) is 7.61. The van der Waals surface area contributed by atoms with Crippen LogP contribution in [-0.4, -0.2) is 36.7 Å². The van der Waals surface area contributed by atoms with Gasteiger partial charge in [0.15, 0.2) is 0 Å². The minimum Gasteiger partial charge on any atom is -0.317 e. The Bertz CT molecular complexity index is 327. The molecule has 1 aromatic carbocycles. The second-order valence-corrected chi connectivity index (χ2v) is 6.79. The molecule has 0 fully saturated rings. The number of nitrogens with one attached hydrogen (secondary N) is 1. The maximum Gasteiger partial charge on any atom is 0.0113 e. The Morgan fingerprint density at radius 2 is 1.89 bits per heavy atom. The van der Waals surface area contributed by atoms with Crippen LogP contribution in [0.25, 0.3) is 0 Å². The molecule has 1 aromatic rings. The summed E-state index contributed by atoms with van der Waals surface area (Å²) < 4.78 is 2.36. The van der Waals surface area contributed by atoms with E-state index < -0.39 is 0 Å². The third-order valence-corrected chi connectivity index (χ3v) is 4.14. The summed E-state index contributed by atoms with van der Waals surface area (Å²) in [5, 5.41) is 3.43. The summed E-state index contributed by atoms with van der Waals surface area (Å²) in [6.07, 6.45) is 2.32. The maximum atomic E-state index is 3.43. The van der Waals surface area contributed by atoms with Gasteiger partial charge in [0, 0.05) is 18.3 Å². The molecule has 0 saturated carbocycles. The average Bonchev–Trinajstić information content (AvgIpc) is 2.38. The Labute approximate surface area is 123 Å². The zero-order valence-electron chi connectivity index (χ0n) is 12.7. The Balaban J connectivity index is 2.25. The molecule has 1 N–H and O–H groups in total. The van der Waals surface area contributed by atoms with Crippen molar-refractivity contribution in [2.45, 2.75) is 32.7 Å². The largest absolute Gasteiger partial charge is 0.317 e. The molecule has 0 amide bonds. The molecule has 19 heavy (non-hydrogen) atoms. The van der Waals surface area contributed by atoms with E-state index in [-0.39, 0.29) is 0 Å². The lowest BCUT2D eigenvalue weighted by Gasteiger charge is -2.20. The van der Waals surface area contributed by atoms with Gasteiger partial charge < -0.3 is 5.32 Å². The molecule has 1 rings (SSSR count). The van der Waals surface area contributed by atoms with Crippen molar-refractivity contribution < 1.29 is 0 Å². The topological polar surface area (TPSA) is 15.3 Å². The first-order chi connectivity index (χ1) is 9.11. The van der Waals surface area contributed by atoms with Crippen molar-refractivity contribution in [3.05, 3.63) is 35.9 Å². The number of rotatable bonds is 9. The predicted molar refractivity (Wildman–Crippen MR) is 87.5 cm³/mol. The number of hydrogen-bond donors (Lipinski definition) is 1. The highest BCUT2D eigenvalue weighted by atomic mass is 32.2. The molecule has 1 atom stereocenters. The quantitative estimate of drug-likeness (QED) is 0.698. The van der Waals surface area contributed by atoms with Crippen molar-refractivity contribution in [1.29, 1.82) is 0 Å². The van der Waals surface area contributed by atoms with Crippen LogP contribution in [0.1, 0.15) is 25.8 Å². The number of hydrogen-bond acceptors (Lipinski definition) is 3. The van der Waals surface area contributed by atoms with Crippen LogP contribution in [0, 0.1) is 5.92 Å². The minimum atomic E-state index is 0.572. The molecule has 3 heteroatoms. The van der Waals surface area contributed by atoms with Crippen LogP contribution in [-0.2, 0) is 6.42 Å². The summed E-state index contributed by atoms with van der Waals surface area (Å²) in [4.78, 5) is 0. The van der Waals surface area contributed by atoms with Crippen LogP contribution in [0.5, 0.6) is 0 Å². The standard InChI is InChI=1S/C16H28N2S/c1-14(2)13-18(4)19-11-10-16(17-3)12-15-8-6-5-7-9-15/h5-9,14,16-17H,10-13H2,1-4H3/t16-/m1/s1. The van der Waals surface area contributed by atoms with Crippen LogP contribution >= 0.6 is 11.9 Å². The third-order valence-electron chi connectivity index (χ3n) is 3.13. The Morgan fingerprint density at radius 3 is 2.47 bits per heavy atom. The van der Waals surface area contributed by atoms with E-state index in [0.717, 1.165) is 18.9 Å². The van der Waals surface area contributed by atoms with Gasteiger partial charge in [-0.05, 0) is 38.4 Å². The molecule has 0 aliphatic rings. The highest BCUT2D eigenvalue weighted by Crippen LogP contribution is 2.14. The van der Waals surface area contributed by atoms with Gasteiger partial charge in [-0.2, -0.15) is 0 Å². The molecule has 0 aliphatic carbocycles. The highest BCUT2D eigenvalue weighted by molar-refractivity contribution is 7.96. The Morgan fingerprint density at radius 1 is 1.21 bits per heavy atom. The fraction of sp³-hybridized carbons (Fsp3) is 0.625. The number of likely N-dealkylation sites (N-methyl/N-ethyl adjacent to an activating group) is 1. The van der Waals surface area contributed by atoms with E-state index in [1.165, 1.54) is 17.7 Å². The Hall–Kier alpha value is -0.510. The van der Waals surface area contributed by atoms with Crippen molar-refractivity contribution in [1.82, 2.24) is 9.62 Å². The smallest absolute Gasteiger partial charge is 0.0113 e. The molecule has 108 valence electrons. The fourth-order valence-electron chi connectivity index (χ4n) is 2.16. The van der Waals surface area contributed by atoms with Gasteiger partial charge in [-0.15, -0.1) is 0 Å². The van der Waals surface area contributed by atoms with Crippen molar-refractivity contribution in [3.8, 4) is 0 Å². The van der Waals surface area contributed by atoms with E-state index in [4.69, 9.17) is 0 Å². The van der Waals surface area contributed by atoms with Crippen molar-refractivity contribution in [2.24, 2.45) is 5.92 Å². The lowest BCUT2D eigenvalue weighted by atomic mass is 10.0. The SMILES string of the molecule is CN[C@H](CCSN(C)CC(C)C)Cc1ccccc1. The summed E-state index contributed by atoms with van der Waals surface area (Å²) in [7, 11) is 4.26. The fourth-order valence-corrected chi connectivity index (χ4v) is 3.27. The zero-order chi connectivity index (χ0) is 14.1. The summed E-state index contributed by atoms with van der Waals surface area (Å²) in [5.41, 5.74) is 1.42. The second kappa shape index (κ2) is 9.40. The van der Waals surface area contributed by atoms with Gasteiger partial charge in [0.1, 0.15) is 0 Å². The molecular formula is C16H28N2S. The van der Waals surface area contributed by atoms with Gasteiger partial charge >= 0.3 is 0 Å². The lowest BCUT2D eigenvalue weighted by molar-refractivity contribution is 0.463. The van der Waals surface area contributed by atoms with Crippen LogP contribution in [0.15, 0.2) is 30.3 Å². The van der Waals surface area contributed by atoms with Crippen molar-refractivity contribution in [2.75, 3.05) is 26.4 Å². The van der Waals surface area contributed by atoms with Gasteiger partial charge in [0.2, 0.25) is 0 Å². The highest BCUT2D eigenvalue weighted by Gasteiger charge is 2.08. The van der Waals surface area contributed by atoms with Crippen LogP contribution < -0.4 is 5.32 Å². The monoisotopic (exact) mass is 280 g/mol. The zero-order valence-corrected chi connectivity index (χ0v) is 13.5. The summed E-state index contributed by atoms with van der Waals surface area (Å²) in [5.74, 6) is 1.92. The van der Waals surface area contributed by atoms with Gasteiger partial charge in [0.25, 0.3) is 0 Å². The van der Waals surface area contributed by atoms with Gasteiger partial charge in [0.05, 0.1) is 0 Å². The van der Waals surface area contributed by atoms with Crippen LogP contribution in [0.3, 0.4) is 0 Å². The number of benzene rings is 1. The second-order valence-electron chi connectivity index (χ2n) is 5.50. The summed E-state index contributed by atoms with van der Waals surface area (Å²) in [6, 6.07) is 11.3. The summed E-state index contributed by atoms with van der Waals surface area (Å²) in [6.45, 7) is 5.69. The van der Waals surface area contributed by atoms with Crippen LogP contribution in [0.2, 0.25) is 0 Å². The van der Waals surface area contributed by atoms with E-state index in [1.54, 1.807) is 0 Å². The molecule has 0 aromatic heterocycles. The van der Waals surface area contributed by atoms with E-state index >= 15 is 0 Å². The van der Waals surface area contributed by atoms with Crippen molar-refractivity contribution in [3.63, 3.8) is 0 Å². The van der Waals surface area contributed by atoms with Gasteiger partial charge in [-0.1, -0.05) is 56.1 Å². The first kappa shape index (κ1) is 16.5. The molecule has 2 nitrogen and oxygen atoms in total. The molecule has 0 radical (unpaired) electrons.